The molecule has 1 fully saturated rings. The third kappa shape index (κ3) is 5.05. The van der Waals surface area contributed by atoms with Crippen molar-refractivity contribution in [2.24, 2.45) is 0 Å². The number of amides is 1. The lowest BCUT2D eigenvalue weighted by Crippen LogP contribution is -2.39. The van der Waals surface area contributed by atoms with Crippen molar-refractivity contribution in [2.45, 2.75) is 64.0 Å². The molecule has 5 nitrogen and oxygen atoms in total. The highest BCUT2D eigenvalue weighted by atomic mass is 16.3. The van der Waals surface area contributed by atoms with E-state index >= 15 is 0 Å². The van der Waals surface area contributed by atoms with Gasteiger partial charge in [-0.2, -0.15) is 0 Å². The summed E-state index contributed by atoms with van der Waals surface area (Å²) in [5, 5.41) is 15.1. The largest absolute Gasteiger partial charge is 0.388 e. The summed E-state index contributed by atoms with van der Waals surface area (Å²) in [6, 6.07) is 15.4. The molecule has 2 aromatic carbocycles. The summed E-state index contributed by atoms with van der Waals surface area (Å²) in [5.74, 6) is -0.0744. The van der Waals surface area contributed by atoms with Gasteiger partial charge in [-0.3, -0.25) is 9.59 Å². The molecule has 1 aromatic heterocycles. The van der Waals surface area contributed by atoms with E-state index in [4.69, 9.17) is 0 Å². The summed E-state index contributed by atoms with van der Waals surface area (Å²) in [4.78, 5) is 25.6. The predicted octanol–water partition coefficient (Wildman–Crippen LogP) is 4.58. The number of nitrogens with one attached hydrogen (secondary N) is 1. The van der Waals surface area contributed by atoms with Gasteiger partial charge in [-0.1, -0.05) is 55.2 Å². The van der Waals surface area contributed by atoms with Gasteiger partial charge in [-0.25, -0.2) is 0 Å². The number of pyridine rings is 1. The van der Waals surface area contributed by atoms with Gasteiger partial charge in [-0.05, 0) is 49.9 Å². The molecule has 0 atom stereocenters. The van der Waals surface area contributed by atoms with Gasteiger partial charge in [0.1, 0.15) is 0 Å². The number of benzene rings is 2. The van der Waals surface area contributed by atoms with Crippen molar-refractivity contribution in [2.75, 3.05) is 5.32 Å². The van der Waals surface area contributed by atoms with E-state index in [2.05, 4.69) is 11.4 Å². The van der Waals surface area contributed by atoms with Crippen molar-refractivity contribution in [1.82, 2.24) is 4.57 Å². The van der Waals surface area contributed by atoms with Gasteiger partial charge in [0, 0.05) is 29.1 Å². The van der Waals surface area contributed by atoms with Crippen LogP contribution in [0.4, 0.5) is 5.69 Å². The first-order valence-corrected chi connectivity index (χ1v) is 11.1. The smallest absolute Gasteiger partial charge is 0.258 e. The standard InChI is InChI=1S/C26H30N2O3/c1-19-7-5-8-20(17-19)11-12-24(29)27-23-10-6-9-22-21(23)13-16-28(25(22)30)18-26(31)14-3-2-4-15-26/h5-10,13,16-17,31H,2-4,11-12,14-15,18H2,1H3,(H,27,29). The number of carbonyl (C=O) groups is 1. The van der Waals surface area contributed by atoms with Gasteiger partial charge >= 0.3 is 0 Å². The molecular weight excluding hydrogens is 388 g/mol. The zero-order valence-corrected chi connectivity index (χ0v) is 18.1. The van der Waals surface area contributed by atoms with E-state index in [-0.39, 0.29) is 11.5 Å². The van der Waals surface area contributed by atoms with Crippen LogP contribution in [0.15, 0.2) is 59.5 Å². The lowest BCUT2D eigenvalue weighted by Gasteiger charge is -2.32. The van der Waals surface area contributed by atoms with Crippen molar-refractivity contribution in [3.05, 3.63) is 76.2 Å². The maximum Gasteiger partial charge on any atom is 0.258 e. The molecule has 1 saturated carbocycles. The minimum absolute atomic E-state index is 0.0744. The number of aliphatic hydroxyl groups is 1. The Morgan fingerprint density at radius 3 is 2.61 bits per heavy atom. The molecule has 0 bridgehead atoms. The van der Waals surface area contributed by atoms with Gasteiger partial charge in [-0.15, -0.1) is 0 Å². The Morgan fingerprint density at radius 1 is 1.06 bits per heavy atom. The normalized spacial score (nSPS) is 15.7. The fourth-order valence-electron chi connectivity index (χ4n) is 4.57. The van der Waals surface area contributed by atoms with Crippen LogP contribution in [-0.2, 0) is 17.8 Å². The first-order valence-electron chi connectivity index (χ1n) is 11.1. The third-order valence-electron chi connectivity index (χ3n) is 6.26. The maximum atomic E-state index is 13.1. The molecule has 5 heteroatoms. The Morgan fingerprint density at radius 2 is 1.84 bits per heavy atom. The fourth-order valence-corrected chi connectivity index (χ4v) is 4.57. The lowest BCUT2D eigenvalue weighted by atomic mass is 9.85. The quantitative estimate of drug-likeness (QED) is 0.616. The van der Waals surface area contributed by atoms with Crippen molar-refractivity contribution in [3.8, 4) is 0 Å². The summed E-state index contributed by atoms with van der Waals surface area (Å²) in [6.45, 7) is 2.36. The van der Waals surface area contributed by atoms with E-state index in [1.54, 1.807) is 22.9 Å². The number of aryl methyl sites for hydroxylation is 2. The third-order valence-corrected chi connectivity index (χ3v) is 6.26. The molecule has 1 amide bonds. The van der Waals surface area contributed by atoms with Gasteiger partial charge in [0.05, 0.1) is 12.1 Å². The van der Waals surface area contributed by atoms with Gasteiger partial charge in [0.15, 0.2) is 0 Å². The van der Waals surface area contributed by atoms with E-state index in [0.717, 1.165) is 43.1 Å². The first-order chi connectivity index (χ1) is 14.9. The van der Waals surface area contributed by atoms with E-state index in [9.17, 15) is 14.7 Å². The summed E-state index contributed by atoms with van der Waals surface area (Å²) in [6.07, 6.45) is 7.38. The zero-order chi connectivity index (χ0) is 21.8. The van der Waals surface area contributed by atoms with E-state index in [1.807, 2.05) is 37.3 Å². The van der Waals surface area contributed by atoms with Gasteiger partial charge < -0.3 is 15.0 Å². The Labute approximate surface area is 182 Å². The van der Waals surface area contributed by atoms with Crippen LogP contribution in [0.1, 0.15) is 49.7 Å². The van der Waals surface area contributed by atoms with Crippen molar-refractivity contribution in [3.63, 3.8) is 0 Å². The number of hydrogen-bond donors (Lipinski definition) is 2. The number of aromatic nitrogens is 1. The Kier molecular flexibility index (Phi) is 6.23. The minimum Gasteiger partial charge on any atom is -0.388 e. The molecule has 4 rings (SSSR count). The monoisotopic (exact) mass is 418 g/mol. The number of hydrogen-bond acceptors (Lipinski definition) is 3. The summed E-state index contributed by atoms with van der Waals surface area (Å²) < 4.78 is 1.61. The van der Waals surface area contributed by atoms with Crippen LogP contribution in [-0.4, -0.2) is 21.2 Å². The maximum absolute atomic E-state index is 13.1. The van der Waals surface area contributed by atoms with Crippen LogP contribution < -0.4 is 10.9 Å². The number of carbonyl (C=O) groups excluding carboxylic acids is 1. The van der Waals surface area contributed by atoms with Crippen molar-refractivity contribution in [1.29, 1.82) is 0 Å². The van der Waals surface area contributed by atoms with Crippen LogP contribution >= 0.6 is 0 Å². The van der Waals surface area contributed by atoms with Crippen molar-refractivity contribution >= 4 is 22.4 Å². The number of rotatable bonds is 6. The molecule has 0 aliphatic heterocycles. The fraction of sp³-hybridized carbons (Fsp3) is 0.385. The molecule has 1 heterocycles. The Bertz CT molecular complexity index is 1140. The highest BCUT2D eigenvalue weighted by Gasteiger charge is 2.30. The molecule has 1 aliphatic rings. The molecule has 0 unspecified atom stereocenters. The highest BCUT2D eigenvalue weighted by molar-refractivity contribution is 6.01. The number of anilines is 1. The first kappa shape index (κ1) is 21.3. The summed E-state index contributed by atoms with van der Waals surface area (Å²) in [5.41, 5.74) is 2.02. The molecule has 0 radical (unpaired) electrons. The van der Waals surface area contributed by atoms with Crippen LogP contribution in [0.2, 0.25) is 0 Å². The number of nitrogens with zero attached hydrogens (tertiary/aromatic N) is 1. The van der Waals surface area contributed by atoms with Crippen LogP contribution in [0, 0.1) is 6.92 Å². The second-order valence-electron chi connectivity index (χ2n) is 8.84. The van der Waals surface area contributed by atoms with Gasteiger partial charge in [0.25, 0.3) is 5.56 Å². The summed E-state index contributed by atoms with van der Waals surface area (Å²) in [7, 11) is 0. The minimum atomic E-state index is -0.808. The molecule has 3 aromatic rings. The molecule has 0 spiro atoms. The predicted molar refractivity (Wildman–Crippen MR) is 124 cm³/mol. The highest BCUT2D eigenvalue weighted by Crippen LogP contribution is 2.29. The van der Waals surface area contributed by atoms with E-state index in [1.165, 1.54) is 5.56 Å². The molecule has 31 heavy (non-hydrogen) atoms. The van der Waals surface area contributed by atoms with Gasteiger partial charge in [0.2, 0.25) is 5.91 Å². The number of fused-ring (bicyclic) bond motifs is 1. The molecule has 162 valence electrons. The Balaban J connectivity index is 1.50. The SMILES string of the molecule is Cc1cccc(CCC(=O)Nc2cccc3c(=O)n(CC4(O)CCCCC4)ccc23)c1. The Hall–Kier alpha value is -2.92. The van der Waals surface area contributed by atoms with E-state index < -0.39 is 5.60 Å². The van der Waals surface area contributed by atoms with Crippen LogP contribution in [0.25, 0.3) is 10.8 Å². The second kappa shape index (κ2) is 9.06. The molecule has 0 saturated heterocycles. The zero-order valence-electron chi connectivity index (χ0n) is 18.1. The second-order valence-corrected chi connectivity index (χ2v) is 8.84. The summed E-state index contributed by atoms with van der Waals surface area (Å²) >= 11 is 0. The average molecular weight is 419 g/mol. The lowest BCUT2D eigenvalue weighted by molar-refractivity contribution is -0.116. The van der Waals surface area contributed by atoms with Crippen molar-refractivity contribution < 1.29 is 9.90 Å². The van der Waals surface area contributed by atoms with Crippen LogP contribution in [0.3, 0.4) is 0 Å². The van der Waals surface area contributed by atoms with E-state index in [0.29, 0.717) is 30.5 Å². The molecule has 2 N–H and O–H groups in total. The molecule has 1 aliphatic carbocycles. The average Bonchev–Trinajstić information content (AvgIpc) is 2.75. The van der Waals surface area contributed by atoms with Crippen LogP contribution in [0.5, 0.6) is 0 Å². The topological polar surface area (TPSA) is 71.3 Å². The molecular formula is C26H30N2O3.